The van der Waals surface area contributed by atoms with Gasteiger partial charge in [-0.15, -0.1) is 0 Å². The van der Waals surface area contributed by atoms with E-state index < -0.39 is 53.0 Å². The first kappa shape index (κ1) is 43.7. The van der Waals surface area contributed by atoms with Crippen LogP contribution in [0.1, 0.15) is 80.1 Å². The maximum Gasteiger partial charge on any atom is 0.408 e. The molecule has 4 fully saturated rings. The molecule has 2 heterocycles. The fourth-order valence-corrected chi connectivity index (χ4v) is 8.56. The molecule has 1 aliphatic heterocycles. The Labute approximate surface area is 350 Å². The predicted molar refractivity (Wildman–Crippen MR) is 223 cm³/mol. The summed E-state index contributed by atoms with van der Waals surface area (Å²) in [7, 11) is 1.57. The number of likely N-dealkylation sites (tertiary alicyclic amines) is 1. The summed E-state index contributed by atoms with van der Waals surface area (Å²) in [4.78, 5) is 65.1. The Morgan fingerprint density at radius 3 is 2.46 bits per heavy atom. The highest BCUT2D eigenvalue weighted by Gasteiger charge is 2.61. The highest BCUT2D eigenvalue weighted by atomic mass is 35.5. The normalized spacial score (nSPS) is 26.7. The number of benzene rings is 1. The number of hydrogen-bond donors (Lipinski definition) is 5. The fourth-order valence-electron chi connectivity index (χ4n) is 8.30. The monoisotopic (exact) mass is 839 g/mol. The number of nitrogens with zero attached hydrogens (tertiary/aromatic N) is 3. The number of ether oxygens (including phenoxy) is 4. The molecule has 3 amide bonds. The molecule has 2 aromatic rings. The lowest BCUT2D eigenvalue weighted by Crippen LogP contribution is -2.59. The van der Waals surface area contributed by atoms with Crippen LogP contribution in [0.3, 0.4) is 0 Å². The van der Waals surface area contributed by atoms with E-state index in [1.165, 1.54) is 11.3 Å². The van der Waals surface area contributed by atoms with Gasteiger partial charge in [0.1, 0.15) is 64.6 Å². The van der Waals surface area contributed by atoms with Crippen LogP contribution in [0, 0.1) is 23.2 Å². The standard InChI is InChI=1S/C42H58ClN7O9/c1-8-25-20-42(25,39(53)54)49-37(51)29-18-27(21-50(29)38(52)36(41(4,5)6)48-40(55)59-26-16-23-15-24(23)17-26)58-31-19-33(45-12-11-32(44)46-22(2)3)47-35-28(31)9-10-30(34(35)43)57-14-13-56-7/h9-12,19,22-27,29,36H,8,13-18,20-21H2,1-7H3,(H2,44,46)(H,45,47)(H,48,55)(H,49,51)(H,53,54)/b12-11-/t23-,24+,25-,26?,27?,29+,36-,42-/m1/s1. The van der Waals surface area contributed by atoms with Crippen molar-refractivity contribution in [2.75, 3.05) is 32.2 Å². The molecule has 0 bridgehead atoms. The van der Waals surface area contributed by atoms with Gasteiger partial charge in [-0.25, -0.2) is 14.6 Å². The Kier molecular flexibility index (Phi) is 13.2. The van der Waals surface area contributed by atoms with Gasteiger partial charge < -0.3 is 50.6 Å². The second kappa shape index (κ2) is 17.8. The highest BCUT2D eigenvalue weighted by Crippen LogP contribution is 2.52. The summed E-state index contributed by atoms with van der Waals surface area (Å²) in [5.41, 5.74) is 4.18. The minimum absolute atomic E-state index is 0.00444. The number of carboxylic acid groups (broad SMARTS) is 1. The molecule has 1 saturated heterocycles. The number of methoxy groups -OCH3 is 1. The van der Waals surface area contributed by atoms with Gasteiger partial charge in [0.2, 0.25) is 11.8 Å². The third-order valence-corrected chi connectivity index (χ3v) is 12.0. The van der Waals surface area contributed by atoms with Crippen molar-refractivity contribution >= 4 is 58.0 Å². The summed E-state index contributed by atoms with van der Waals surface area (Å²) in [6.45, 7) is 11.7. The Bertz CT molecular complexity index is 1980. The van der Waals surface area contributed by atoms with Gasteiger partial charge in [0.05, 0.1) is 18.7 Å². The van der Waals surface area contributed by atoms with Crippen molar-refractivity contribution in [2.24, 2.45) is 33.9 Å². The quantitative estimate of drug-likeness (QED) is 0.0784. The zero-order chi connectivity index (χ0) is 42.8. The molecule has 6 rings (SSSR count). The number of nitrogens with one attached hydrogen (secondary N) is 3. The van der Waals surface area contributed by atoms with Gasteiger partial charge >= 0.3 is 12.1 Å². The molecule has 1 aromatic carbocycles. The summed E-state index contributed by atoms with van der Waals surface area (Å²) in [5, 5.41) is 19.6. The van der Waals surface area contributed by atoms with Crippen molar-refractivity contribution in [3.05, 3.63) is 35.5 Å². The second-order valence-electron chi connectivity index (χ2n) is 17.5. The van der Waals surface area contributed by atoms with Crippen molar-refractivity contribution in [1.82, 2.24) is 20.5 Å². The summed E-state index contributed by atoms with van der Waals surface area (Å²) >= 11 is 6.88. The number of aromatic nitrogens is 1. The van der Waals surface area contributed by atoms with E-state index >= 15 is 0 Å². The summed E-state index contributed by atoms with van der Waals surface area (Å²) in [6.07, 6.45) is 5.20. The number of halogens is 1. The molecular formula is C42H58ClN7O9. The first-order valence-corrected chi connectivity index (χ1v) is 20.8. The SMILES string of the molecule is CC[C@@H]1C[C@]1(NC(=O)[C@@H]1CC(Oc2cc(N/C=C\C(N)=NC(C)C)nc3c(Cl)c(OCCOC)ccc23)CN1C(=O)[C@@H](NC(=O)OC1C[C@@H]2C[C@@H]2C1)C(C)(C)C)C(=O)O. The van der Waals surface area contributed by atoms with Gasteiger partial charge in [-0.3, -0.25) is 14.6 Å². The van der Waals surface area contributed by atoms with E-state index in [-0.39, 0.29) is 49.1 Å². The lowest BCUT2D eigenvalue weighted by atomic mass is 9.85. The summed E-state index contributed by atoms with van der Waals surface area (Å²) in [6, 6.07) is 2.92. The number of carboxylic acids is 1. The summed E-state index contributed by atoms with van der Waals surface area (Å²) < 4.78 is 23.4. The fraction of sp³-hybridized carbons (Fsp3) is 0.619. The number of amidine groups is 1. The topological polar surface area (TPSA) is 216 Å². The van der Waals surface area contributed by atoms with Gasteiger partial charge in [0.25, 0.3) is 0 Å². The smallest absolute Gasteiger partial charge is 0.408 e. The third-order valence-electron chi connectivity index (χ3n) is 11.6. The molecule has 1 aromatic heterocycles. The number of alkyl carbamates (subject to hydrolysis) is 1. The lowest BCUT2D eigenvalue weighted by molar-refractivity contribution is -0.146. The average Bonchev–Trinajstić information content (AvgIpc) is 3.97. The van der Waals surface area contributed by atoms with Crippen LogP contribution in [-0.4, -0.2) is 107 Å². The van der Waals surface area contributed by atoms with Crippen LogP contribution in [0.4, 0.5) is 10.6 Å². The number of amides is 3. The predicted octanol–water partition coefficient (Wildman–Crippen LogP) is 5.26. The number of carbonyl (C=O) groups is 4. The number of rotatable bonds is 17. The number of aliphatic imine (C=N–C) groups is 1. The third kappa shape index (κ3) is 10.1. The van der Waals surface area contributed by atoms with E-state index in [2.05, 4.69) is 20.9 Å². The molecule has 3 aliphatic carbocycles. The van der Waals surface area contributed by atoms with Gasteiger partial charge in [0, 0.05) is 37.2 Å². The van der Waals surface area contributed by atoms with Crippen LogP contribution in [0.25, 0.3) is 10.9 Å². The van der Waals surface area contributed by atoms with Crippen LogP contribution >= 0.6 is 11.6 Å². The Morgan fingerprint density at radius 1 is 1.10 bits per heavy atom. The first-order chi connectivity index (χ1) is 27.9. The van der Waals surface area contributed by atoms with E-state index in [0.29, 0.717) is 58.9 Å². The molecule has 322 valence electrons. The van der Waals surface area contributed by atoms with E-state index in [1.54, 1.807) is 37.6 Å². The number of anilines is 1. The average molecular weight is 840 g/mol. The lowest BCUT2D eigenvalue weighted by Gasteiger charge is -2.35. The Morgan fingerprint density at radius 2 is 1.83 bits per heavy atom. The zero-order valence-electron chi connectivity index (χ0n) is 34.9. The number of carbonyl (C=O) groups excluding carboxylic acids is 3. The molecule has 0 radical (unpaired) electrons. The number of hydrogen-bond acceptors (Lipinski definition) is 11. The van der Waals surface area contributed by atoms with Crippen molar-refractivity contribution in [3.63, 3.8) is 0 Å². The maximum atomic E-state index is 14.7. The highest BCUT2D eigenvalue weighted by molar-refractivity contribution is 6.36. The number of nitrogens with two attached hydrogens (primary N) is 1. The van der Waals surface area contributed by atoms with Crippen LogP contribution < -0.4 is 31.2 Å². The van der Waals surface area contributed by atoms with E-state index in [4.69, 9.17) is 41.3 Å². The molecule has 8 atom stereocenters. The van der Waals surface area contributed by atoms with Crippen molar-refractivity contribution in [1.29, 1.82) is 0 Å². The second-order valence-corrected chi connectivity index (χ2v) is 17.9. The molecule has 59 heavy (non-hydrogen) atoms. The minimum atomic E-state index is -1.43. The van der Waals surface area contributed by atoms with Gasteiger partial charge in [0.15, 0.2) is 0 Å². The first-order valence-electron chi connectivity index (χ1n) is 20.4. The van der Waals surface area contributed by atoms with Gasteiger partial charge in [-0.1, -0.05) is 45.7 Å². The van der Waals surface area contributed by atoms with Gasteiger partial charge in [-0.05, 0) is 80.9 Å². The number of aliphatic carboxylic acids is 1. The minimum Gasteiger partial charge on any atom is -0.490 e. The van der Waals surface area contributed by atoms with Crippen molar-refractivity contribution < 1.29 is 43.2 Å². The zero-order valence-corrected chi connectivity index (χ0v) is 35.6. The maximum absolute atomic E-state index is 14.7. The Hall–Kier alpha value is -4.83. The molecule has 6 N–H and O–H groups in total. The van der Waals surface area contributed by atoms with Crippen LogP contribution in [0.2, 0.25) is 5.02 Å². The molecule has 16 nitrogen and oxygen atoms in total. The van der Waals surface area contributed by atoms with Crippen LogP contribution in [-0.2, 0) is 23.9 Å². The van der Waals surface area contributed by atoms with Crippen molar-refractivity contribution in [2.45, 2.75) is 116 Å². The van der Waals surface area contributed by atoms with E-state index in [0.717, 1.165) is 12.8 Å². The largest absolute Gasteiger partial charge is 0.490 e. The van der Waals surface area contributed by atoms with E-state index in [9.17, 15) is 24.3 Å². The summed E-state index contributed by atoms with van der Waals surface area (Å²) in [5.74, 6) is 0.0662. The van der Waals surface area contributed by atoms with Gasteiger partial charge in [-0.2, -0.15) is 0 Å². The Balaban J connectivity index is 1.31. The number of pyridine rings is 1. The molecular weight excluding hydrogens is 782 g/mol. The molecule has 17 heteroatoms. The van der Waals surface area contributed by atoms with Crippen LogP contribution in [0.15, 0.2) is 35.5 Å². The molecule has 2 unspecified atom stereocenters. The van der Waals surface area contributed by atoms with Crippen molar-refractivity contribution in [3.8, 4) is 11.5 Å². The molecule has 0 spiro atoms. The number of fused-ring (bicyclic) bond motifs is 2. The molecule has 3 saturated carbocycles. The molecule has 4 aliphatic rings. The van der Waals surface area contributed by atoms with Crippen LogP contribution in [0.5, 0.6) is 11.5 Å². The van der Waals surface area contributed by atoms with E-state index in [1.807, 2.05) is 41.5 Å².